The zero-order valence-electron chi connectivity index (χ0n) is 15.3. The van der Waals surface area contributed by atoms with Gasteiger partial charge >= 0.3 is 0 Å². The van der Waals surface area contributed by atoms with Gasteiger partial charge in [-0.3, -0.25) is 9.59 Å². The highest BCUT2D eigenvalue weighted by Gasteiger charge is 2.41. The van der Waals surface area contributed by atoms with E-state index in [1.807, 2.05) is 32.0 Å². The number of aromatic nitrogens is 1. The first-order chi connectivity index (χ1) is 13.5. The molecule has 5 nitrogen and oxygen atoms in total. The van der Waals surface area contributed by atoms with Gasteiger partial charge in [0.25, 0.3) is 0 Å². The fourth-order valence-corrected chi connectivity index (χ4v) is 5.63. The topological polar surface area (TPSA) is 59.5 Å². The maximum Gasteiger partial charge on any atom is 0.247 e. The fourth-order valence-electron chi connectivity index (χ4n) is 3.10. The molecule has 0 bridgehead atoms. The van der Waals surface area contributed by atoms with Gasteiger partial charge in [-0.15, -0.1) is 11.3 Å². The summed E-state index contributed by atoms with van der Waals surface area (Å²) in [5.41, 5.74) is 2.13. The second kappa shape index (κ2) is 7.73. The number of amides is 2. The lowest BCUT2D eigenvalue weighted by Crippen LogP contribution is -2.31. The smallest absolute Gasteiger partial charge is 0.247 e. The zero-order valence-corrected chi connectivity index (χ0v) is 17.7. The van der Waals surface area contributed by atoms with E-state index >= 15 is 0 Å². The van der Waals surface area contributed by atoms with E-state index in [-0.39, 0.29) is 18.2 Å². The van der Waals surface area contributed by atoms with Gasteiger partial charge in [0.15, 0.2) is 4.34 Å². The minimum atomic E-state index is -0.488. The fraction of sp³-hybridized carbons (Fsp3) is 0.250. The summed E-state index contributed by atoms with van der Waals surface area (Å²) >= 11 is 9.00. The van der Waals surface area contributed by atoms with Crippen molar-refractivity contribution in [1.82, 2.24) is 4.98 Å². The Morgan fingerprint density at radius 2 is 2.14 bits per heavy atom. The van der Waals surface area contributed by atoms with Crippen LogP contribution in [0.25, 0.3) is 10.2 Å². The molecule has 3 aromatic rings. The Balaban J connectivity index is 1.57. The van der Waals surface area contributed by atoms with Crippen molar-refractivity contribution in [3.8, 4) is 5.75 Å². The molecule has 4 rings (SSSR count). The van der Waals surface area contributed by atoms with E-state index < -0.39 is 5.25 Å². The van der Waals surface area contributed by atoms with Gasteiger partial charge in [0.1, 0.15) is 11.0 Å². The summed E-state index contributed by atoms with van der Waals surface area (Å²) in [6, 6.07) is 11.0. The second-order valence-electron chi connectivity index (χ2n) is 6.30. The minimum Gasteiger partial charge on any atom is -0.494 e. The highest BCUT2D eigenvalue weighted by Crippen LogP contribution is 2.39. The van der Waals surface area contributed by atoms with Crippen molar-refractivity contribution in [2.45, 2.75) is 29.9 Å². The number of hydrogen-bond acceptors (Lipinski definition) is 6. The molecular formula is C20H17ClN2O3S2. The first-order valence-electron chi connectivity index (χ1n) is 8.80. The van der Waals surface area contributed by atoms with Crippen molar-refractivity contribution in [2.24, 2.45) is 0 Å². The number of benzene rings is 2. The number of ether oxygens (including phenoxy) is 1. The molecule has 2 amide bonds. The molecule has 2 heterocycles. The molecule has 1 fully saturated rings. The summed E-state index contributed by atoms with van der Waals surface area (Å²) in [7, 11) is 0. The first-order valence-corrected chi connectivity index (χ1v) is 10.9. The Kier molecular flexibility index (Phi) is 5.31. The van der Waals surface area contributed by atoms with Crippen molar-refractivity contribution in [2.75, 3.05) is 11.5 Å². The van der Waals surface area contributed by atoms with Crippen molar-refractivity contribution in [3.63, 3.8) is 0 Å². The molecule has 2 aromatic carbocycles. The van der Waals surface area contributed by atoms with E-state index in [1.54, 1.807) is 18.2 Å². The van der Waals surface area contributed by atoms with E-state index in [2.05, 4.69) is 4.98 Å². The van der Waals surface area contributed by atoms with Crippen molar-refractivity contribution >= 4 is 62.4 Å². The number of hydrogen-bond donors (Lipinski definition) is 0. The average molecular weight is 433 g/mol. The Morgan fingerprint density at radius 1 is 1.32 bits per heavy atom. The van der Waals surface area contributed by atoms with Gasteiger partial charge in [0, 0.05) is 11.4 Å². The number of thiazole rings is 1. The third-order valence-corrected chi connectivity index (χ3v) is 7.19. The van der Waals surface area contributed by atoms with Gasteiger partial charge in [-0.2, -0.15) is 0 Å². The molecule has 8 heteroatoms. The van der Waals surface area contributed by atoms with Gasteiger partial charge in [-0.1, -0.05) is 29.4 Å². The van der Waals surface area contributed by atoms with Gasteiger partial charge in [0.2, 0.25) is 11.8 Å². The number of imide groups is 1. The van der Waals surface area contributed by atoms with Crippen molar-refractivity contribution < 1.29 is 14.3 Å². The van der Waals surface area contributed by atoms with Gasteiger partial charge in [-0.25, -0.2) is 9.88 Å². The van der Waals surface area contributed by atoms with Gasteiger partial charge in [-0.05, 0) is 49.7 Å². The standard InChI is InChI=1S/C20H17ClN2O3S2/c1-3-26-12-7-8-14-16(9-12)27-20(22-14)28-17-10-18(24)23(19(17)25)15-6-4-5-13(21)11(15)2/h4-9,17H,3,10H2,1-2H3/t17-/m1/s1. The maximum atomic E-state index is 12.9. The molecule has 0 N–H and O–H groups in total. The Bertz CT molecular complexity index is 1080. The van der Waals surface area contributed by atoms with Crippen LogP contribution in [0, 0.1) is 6.92 Å². The SMILES string of the molecule is CCOc1ccc2nc(S[C@@H]3CC(=O)N(c4cccc(Cl)c4C)C3=O)sc2c1. The summed E-state index contributed by atoms with van der Waals surface area (Å²) in [4.78, 5) is 31.3. The molecule has 1 aromatic heterocycles. The Morgan fingerprint density at radius 3 is 2.93 bits per heavy atom. The Hall–Kier alpha value is -2.09. The van der Waals surface area contributed by atoms with Crippen LogP contribution < -0.4 is 9.64 Å². The van der Waals surface area contributed by atoms with E-state index in [0.29, 0.717) is 17.3 Å². The van der Waals surface area contributed by atoms with Crippen LogP contribution in [-0.2, 0) is 9.59 Å². The van der Waals surface area contributed by atoms with Crippen LogP contribution in [0.1, 0.15) is 18.9 Å². The third-order valence-electron chi connectivity index (χ3n) is 4.48. The summed E-state index contributed by atoms with van der Waals surface area (Å²) < 4.78 is 7.28. The van der Waals surface area contributed by atoms with E-state index in [0.717, 1.165) is 25.9 Å². The minimum absolute atomic E-state index is 0.148. The Labute approximate surface area is 175 Å². The van der Waals surface area contributed by atoms with Crippen molar-refractivity contribution in [3.05, 3.63) is 47.0 Å². The molecule has 0 saturated carbocycles. The third kappa shape index (κ3) is 3.50. The molecule has 144 valence electrons. The summed E-state index contributed by atoms with van der Waals surface area (Å²) in [6.07, 6.45) is 0.148. The lowest BCUT2D eigenvalue weighted by molar-refractivity contribution is -0.121. The zero-order chi connectivity index (χ0) is 19.8. The van der Waals surface area contributed by atoms with Crippen LogP contribution in [0.4, 0.5) is 5.69 Å². The number of fused-ring (bicyclic) bond motifs is 1. The molecule has 0 radical (unpaired) electrons. The normalized spacial score (nSPS) is 17.0. The summed E-state index contributed by atoms with van der Waals surface area (Å²) in [5, 5.41) is 0.0447. The number of carbonyl (C=O) groups excluding carboxylic acids is 2. The highest BCUT2D eigenvalue weighted by molar-refractivity contribution is 8.02. The molecule has 0 aliphatic carbocycles. The predicted molar refractivity (Wildman–Crippen MR) is 114 cm³/mol. The molecular weight excluding hydrogens is 416 g/mol. The van der Waals surface area contributed by atoms with Crippen LogP contribution in [0.5, 0.6) is 5.75 Å². The number of nitrogens with zero attached hydrogens (tertiary/aromatic N) is 2. The quantitative estimate of drug-likeness (QED) is 0.526. The average Bonchev–Trinajstić information content (AvgIpc) is 3.18. The van der Waals surface area contributed by atoms with Gasteiger partial charge in [0.05, 0.1) is 22.5 Å². The number of thioether (sulfide) groups is 1. The monoisotopic (exact) mass is 432 g/mol. The summed E-state index contributed by atoms with van der Waals surface area (Å²) in [5.74, 6) is 0.354. The van der Waals surface area contributed by atoms with Crippen molar-refractivity contribution in [1.29, 1.82) is 0 Å². The molecule has 1 saturated heterocycles. The lowest BCUT2D eigenvalue weighted by atomic mass is 10.2. The predicted octanol–water partition coefficient (Wildman–Crippen LogP) is 5.08. The molecule has 0 unspecified atom stereocenters. The largest absolute Gasteiger partial charge is 0.494 e. The van der Waals surface area contributed by atoms with E-state index in [4.69, 9.17) is 16.3 Å². The molecule has 1 aliphatic rings. The number of halogens is 1. The number of rotatable bonds is 5. The van der Waals surface area contributed by atoms with E-state index in [9.17, 15) is 9.59 Å². The molecule has 1 aliphatic heterocycles. The van der Waals surface area contributed by atoms with Crippen LogP contribution in [-0.4, -0.2) is 28.7 Å². The second-order valence-corrected chi connectivity index (χ2v) is 9.19. The van der Waals surface area contributed by atoms with Crippen LogP contribution >= 0.6 is 34.7 Å². The molecule has 1 atom stereocenters. The van der Waals surface area contributed by atoms with Crippen LogP contribution in [0.15, 0.2) is 40.7 Å². The lowest BCUT2D eigenvalue weighted by Gasteiger charge is -2.17. The summed E-state index contributed by atoms with van der Waals surface area (Å²) in [6.45, 7) is 4.35. The van der Waals surface area contributed by atoms with Gasteiger partial charge < -0.3 is 4.74 Å². The molecule has 28 heavy (non-hydrogen) atoms. The van der Waals surface area contributed by atoms with Crippen LogP contribution in [0.2, 0.25) is 5.02 Å². The highest BCUT2D eigenvalue weighted by atomic mass is 35.5. The molecule has 0 spiro atoms. The maximum absolute atomic E-state index is 12.9. The first kappa shape index (κ1) is 19.2. The van der Waals surface area contributed by atoms with E-state index in [1.165, 1.54) is 28.0 Å². The van der Waals surface area contributed by atoms with Crippen LogP contribution in [0.3, 0.4) is 0 Å². The number of anilines is 1. The number of carbonyl (C=O) groups is 2.